The molecule has 0 saturated heterocycles. The molecule has 0 saturated carbocycles. The van der Waals surface area contributed by atoms with E-state index in [1.54, 1.807) is 0 Å². The third-order valence-electron chi connectivity index (χ3n) is 0.199. The molecule has 0 aromatic carbocycles. The molecule has 0 atom stereocenters. The first-order chi connectivity index (χ1) is 2.41. The Bertz CT molecular complexity index is 17.1. The normalized spacial score (nSPS) is 7.60. The van der Waals surface area contributed by atoms with E-state index in [0.717, 1.165) is 6.61 Å². The van der Waals surface area contributed by atoms with Gasteiger partial charge in [-0.15, -0.1) is 0 Å². The minimum atomic E-state index is -0.181. The van der Waals surface area contributed by atoms with E-state index in [4.69, 9.17) is 3.32 Å². The molecule has 0 radical (unpaired) electrons. The van der Waals surface area contributed by atoms with E-state index in [1.165, 1.54) is 0 Å². The fraction of sp³-hybridized carbons (Fsp3) is 1.00. The first kappa shape index (κ1) is 6.15. The first-order valence-corrected chi connectivity index (χ1v) is 5.89. The summed E-state index contributed by atoms with van der Waals surface area (Å²) < 4.78 is 4.88. The van der Waals surface area contributed by atoms with Crippen molar-refractivity contribution in [3.63, 3.8) is 0 Å². The van der Waals surface area contributed by atoms with E-state index in [-0.39, 0.29) is 17.4 Å². The molecule has 0 bridgehead atoms. The zero-order chi connectivity index (χ0) is 4.12. The Morgan fingerprint density at radius 2 is 2.60 bits per heavy atom. The molecule has 0 aromatic heterocycles. The predicted molar refractivity (Wildman–Crippen MR) is 20.6 cm³/mol. The van der Waals surface area contributed by atoms with Crippen LogP contribution in [0.5, 0.6) is 0 Å². The van der Waals surface area contributed by atoms with Crippen molar-refractivity contribution in [2.24, 2.45) is 0 Å². The van der Waals surface area contributed by atoms with Crippen molar-refractivity contribution in [3.05, 3.63) is 0 Å². The second-order valence-electron chi connectivity index (χ2n) is 0.510. The van der Waals surface area contributed by atoms with Crippen molar-refractivity contribution in [1.82, 2.24) is 0 Å². The van der Waals surface area contributed by atoms with Crippen molar-refractivity contribution in [1.29, 1.82) is 0 Å². The summed E-state index contributed by atoms with van der Waals surface area (Å²) in [5, 5.41) is 0. The number of hydrogen-bond acceptors (Lipinski definition) is 1. The molecule has 0 aliphatic carbocycles. The first-order valence-electron chi connectivity index (χ1n) is 1.39. The molecule has 1 nitrogen and oxygen atoms in total. The summed E-state index contributed by atoms with van der Waals surface area (Å²) >= 11 is 3.03. The molecule has 30 valence electrons. The van der Waals surface area contributed by atoms with Crippen molar-refractivity contribution in [2.45, 2.75) is 6.92 Å². The zero-order valence-corrected chi connectivity index (χ0v) is 6.14. The average Bonchev–Trinajstić information content (AvgIpc) is 1.41. The van der Waals surface area contributed by atoms with Crippen LogP contribution in [-0.2, 0) is 20.8 Å². The van der Waals surface area contributed by atoms with Gasteiger partial charge in [0.2, 0.25) is 0 Å². The summed E-state index contributed by atoms with van der Waals surface area (Å²) in [7, 11) is 0. The minimum absolute atomic E-state index is 0.181. The van der Waals surface area contributed by atoms with Gasteiger partial charge in [-0.2, -0.15) is 0 Å². The van der Waals surface area contributed by atoms with Crippen molar-refractivity contribution in [3.8, 4) is 0 Å². The Labute approximate surface area is 47.5 Å². The van der Waals surface area contributed by atoms with Gasteiger partial charge in [-0.3, -0.25) is 0 Å². The number of hydrogen-bond donors (Lipinski definition) is 0. The van der Waals surface area contributed by atoms with Crippen LogP contribution in [0, 0.1) is 0 Å². The van der Waals surface area contributed by atoms with Gasteiger partial charge in [0.25, 0.3) is 0 Å². The van der Waals surface area contributed by atoms with Gasteiger partial charge in [-0.1, -0.05) is 0 Å². The molecule has 0 rings (SSSR count). The summed E-state index contributed by atoms with van der Waals surface area (Å²) in [6.07, 6.45) is 0. The van der Waals surface area contributed by atoms with Crippen LogP contribution in [-0.4, -0.2) is 6.61 Å². The summed E-state index contributed by atoms with van der Waals surface area (Å²) in [6, 6.07) is 0. The Morgan fingerprint density at radius 3 is 2.60 bits per heavy atom. The van der Waals surface area contributed by atoms with Crippen LogP contribution >= 0.6 is 13.2 Å². The second-order valence-corrected chi connectivity index (χ2v) is 2.54. The van der Waals surface area contributed by atoms with Gasteiger partial charge in [-0.05, 0) is 0 Å². The predicted octanol–water partition coefficient (Wildman–Crippen LogP) is 1.33. The van der Waals surface area contributed by atoms with E-state index in [2.05, 4.69) is 13.2 Å². The van der Waals surface area contributed by atoms with Crippen LogP contribution in [0.1, 0.15) is 6.92 Å². The Hall–Kier alpha value is 1.15. The van der Waals surface area contributed by atoms with Crippen LogP contribution in [0.4, 0.5) is 0 Å². The molecule has 0 aromatic rings. The number of rotatable bonds is 2. The van der Waals surface area contributed by atoms with Gasteiger partial charge in [0.1, 0.15) is 0 Å². The second kappa shape index (κ2) is 5.15. The Balaban J connectivity index is 2.19. The molecule has 0 spiro atoms. The third kappa shape index (κ3) is 5.15. The van der Waals surface area contributed by atoms with E-state index in [1.807, 2.05) is 6.92 Å². The SMILES string of the molecule is CC[O][Ti][Br]. The third-order valence-corrected chi connectivity index (χ3v) is 1.76. The van der Waals surface area contributed by atoms with Crippen molar-refractivity contribution in [2.75, 3.05) is 6.61 Å². The van der Waals surface area contributed by atoms with E-state index < -0.39 is 0 Å². The maximum absolute atomic E-state index is 4.88. The molecule has 0 unspecified atom stereocenters. The molecule has 0 aliphatic rings. The van der Waals surface area contributed by atoms with E-state index >= 15 is 0 Å². The molecule has 0 aliphatic heterocycles. The van der Waals surface area contributed by atoms with E-state index in [0.29, 0.717) is 0 Å². The van der Waals surface area contributed by atoms with Crippen molar-refractivity contribution < 1.29 is 20.8 Å². The van der Waals surface area contributed by atoms with Crippen LogP contribution in [0.3, 0.4) is 0 Å². The topological polar surface area (TPSA) is 9.23 Å². The fourth-order valence-corrected chi connectivity index (χ4v) is 1.17. The molecule has 0 heterocycles. The Morgan fingerprint density at radius 1 is 2.00 bits per heavy atom. The van der Waals surface area contributed by atoms with Gasteiger partial charge in [0.05, 0.1) is 0 Å². The average molecular weight is 173 g/mol. The van der Waals surface area contributed by atoms with Gasteiger partial charge in [0.15, 0.2) is 0 Å². The van der Waals surface area contributed by atoms with Crippen LogP contribution in [0.25, 0.3) is 0 Å². The van der Waals surface area contributed by atoms with Gasteiger partial charge in [-0.25, -0.2) is 0 Å². The fourth-order valence-electron chi connectivity index (χ4n) is 0.0546. The quantitative estimate of drug-likeness (QED) is 0.572. The van der Waals surface area contributed by atoms with Gasteiger partial charge < -0.3 is 0 Å². The van der Waals surface area contributed by atoms with Crippen molar-refractivity contribution >= 4 is 13.2 Å². The molecule has 5 heavy (non-hydrogen) atoms. The summed E-state index contributed by atoms with van der Waals surface area (Å²) in [6.45, 7) is 2.84. The van der Waals surface area contributed by atoms with Crippen LogP contribution in [0.15, 0.2) is 0 Å². The molecule has 0 N–H and O–H groups in total. The Kier molecular flexibility index (Phi) is 6.34. The molecule has 0 fully saturated rings. The molecular weight excluding hydrogens is 168 g/mol. The summed E-state index contributed by atoms with van der Waals surface area (Å²) in [5.41, 5.74) is 0. The number of halogens is 1. The maximum atomic E-state index is 4.88. The van der Waals surface area contributed by atoms with Gasteiger partial charge >= 0.3 is 47.5 Å². The monoisotopic (exact) mass is 172 g/mol. The van der Waals surface area contributed by atoms with E-state index in [9.17, 15) is 0 Å². The zero-order valence-electron chi connectivity index (χ0n) is 2.99. The molecule has 0 amide bonds. The summed E-state index contributed by atoms with van der Waals surface area (Å²) in [4.78, 5) is 0. The molecular formula is C2H5BrOTi. The van der Waals surface area contributed by atoms with Gasteiger partial charge in [0, 0.05) is 0 Å². The standard InChI is InChI=1S/C2H5O.BrH.Ti/c1-2-3;;/h2H2,1H3;1H;/q-1;;+2/p-1. The van der Waals surface area contributed by atoms with Crippen LogP contribution in [0.2, 0.25) is 0 Å². The van der Waals surface area contributed by atoms with Crippen LogP contribution < -0.4 is 0 Å². The molecule has 3 heteroatoms. The summed E-state index contributed by atoms with van der Waals surface area (Å²) in [5.74, 6) is 0.